The molecule has 6 heteroatoms. The van der Waals surface area contributed by atoms with E-state index in [1.54, 1.807) is 0 Å². The Hall–Kier alpha value is -10.2. The zero-order chi connectivity index (χ0) is 49.7. The molecule has 75 heavy (non-hydrogen) atoms. The van der Waals surface area contributed by atoms with Gasteiger partial charge in [0.15, 0.2) is 23.1 Å². The fourth-order valence-electron chi connectivity index (χ4n) is 10.6. The maximum atomic E-state index is 7.10. The van der Waals surface area contributed by atoms with Gasteiger partial charge in [0.1, 0.15) is 5.58 Å². The lowest BCUT2D eigenvalue weighted by atomic mass is 10.0. The molecule has 0 amide bonds. The Labute approximate surface area is 433 Å². The van der Waals surface area contributed by atoms with Gasteiger partial charge in [0, 0.05) is 49.7 Å². The van der Waals surface area contributed by atoms with Crippen LogP contribution in [0.5, 0.6) is 0 Å². The first-order valence-corrected chi connectivity index (χ1v) is 25.3. The number of furan rings is 1. The topological polar surface area (TPSA) is 60.0 Å². The number of aromatic nitrogens is 4. The summed E-state index contributed by atoms with van der Waals surface area (Å²) in [6.45, 7) is 0. The summed E-state index contributed by atoms with van der Waals surface area (Å²) in [4.78, 5) is 17.5. The van der Waals surface area contributed by atoms with Crippen LogP contribution in [0.4, 0.5) is 17.1 Å². The highest BCUT2D eigenvalue weighted by atomic mass is 16.3. The maximum absolute atomic E-state index is 7.10. The van der Waals surface area contributed by atoms with Crippen LogP contribution in [0, 0.1) is 0 Å². The molecule has 3 aromatic heterocycles. The van der Waals surface area contributed by atoms with Gasteiger partial charge in [-0.2, -0.15) is 0 Å². The van der Waals surface area contributed by atoms with Crippen LogP contribution in [0.3, 0.4) is 0 Å². The number of para-hydroxylation sites is 3. The summed E-state index contributed by atoms with van der Waals surface area (Å²) in [5.41, 5.74) is 17.5. The normalized spacial score (nSPS) is 11.5. The van der Waals surface area contributed by atoms with E-state index in [0.717, 1.165) is 94.3 Å². The minimum Gasteiger partial charge on any atom is -0.453 e. The monoisotopic (exact) mass is 959 g/mol. The first-order chi connectivity index (χ1) is 37.2. The largest absolute Gasteiger partial charge is 0.453 e. The van der Waals surface area contributed by atoms with Crippen molar-refractivity contribution < 1.29 is 4.42 Å². The van der Waals surface area contributed by atoms with E-state index < -0.39 is 0 Å². The van der Waals surface area contributed by atoms with Crippen LogP contribution in [0.1, 0.15) is 0 Å². The van der Waals surface area contributed by atoms with E-state index >= 15 is 0 Å². The first-order valence-electron chi connectivity index (χ1n) is 25.3. The fourth-order valence-corrected chi connectivity index (χ4v) is 10.6. The molecule has 14 aromatic rings. The molecule has 0 unspecified atom stereocenters. The molecule has 3 heterocycles. The summed E-state index contributed by atoms with van der Waals surface area (Å²) in [7, 11) is 0. The van der Waals surface area contributed by atoms with Crippen LogP contribution in [-0.2, 0) is 0 Å². The van der Waals surface area contributed by atoms with Gasteiger partial charge in [0.25, 0.3) is 0 Å². The molecule has 0 atom stereocenters. The molecule has 0 fully saturated rings. The lowest BCUT2D eigenvalue weighted by Crippen LogP contribution is -2.10. The second kappa shape index (κ2) is 18.5. The van der Waals surface area contributed by atoms with Crippen LogP contribution < -0.4 is 4.90 Å². The van der Waals surface area contributed by atoms with Gasteiger partial charge in [-0.3, -0.25) is 0 Å². The number of anilines is 3. The van der Waals surface area contributed by atoms with Crippen molar-refractivity contribution in [1.29, 1.82) is 0 Å². The summed E-state index contributed by atoms with van der Waals surface area (Å²) < 4.78 is 9.44. The zero-order valence-corrected chi connectivity index (χ0v) is 40.6. The van der Waals surface area contributed by atoms with Crippen molar-refractivity contribution in [3.8, 4) is 73.2 Å². The molecule has 0 aliphatic rings. The Balaban J connectivity index is 0.857. The molecule has 0 aliphatic carbocycles. The fraction of sp³-hybridized carbons (Fsp3) is 0. The number of fused-ring (bicyclic) bond motifs is 6. The lowest BCUT2D eigenvalue weighted by molar-refractivity contribution is 0.667. The molecule has 0 radical (unpaired) electrons. The van der Waals surface area contributed by atoms with Gasteiger partial charge >= 0.3 is 0 Å². The van der Waals surface area contributed by atoms with Gasteiger partial charge in [-0.15, -0.1) is 0 Å². The summed E-state index contributed by atoms with van der Waals surface area (Å²) in [6, 6.07) is 96.0. The highest BCUT2D eigenvalue weighted by molar-refractivity contribution is 6.15. The Kier molecular flexibility index (Phi) is 10.7. The Morgan fingerprint density at radius 3 is 1.36 bits per heavy atom. The highest BCUT2D eigenvalue weighted by Crippen LogP contribution is 2.43. The van der Waals surface area contributed by atoms with Crippen LogP contribution in [0.2, 0.25) is 0 Å². The number of nitrogens with zero attached hydrogens (tertiary/aromatic N) is 5. The molecule has 0 spiro atoms. The first kappa shape index (κ1) is 43.6. The van der Waals surface area contributed by atoms with Crippen molar-refractivity contribution in [3.05, 3.63) is 273 Å². The van der Waals surface area contributed by atoms with E-state index in [-0.39, 0.29) is 0 Å². The molecule has 0 saturated carbocycles. The number of hydrogen-bond acceptors (Lipinski definition) is 5. The average Bonchev–Trinajstić information content (AvgIpc) is 4.05. The van der Waals surface area contributed by atoms with Crippen molar-refractivity contribution in [2.24, 2.45) is 0 Å². The predicted molar refractivity (Wildman–Crippen MR) is 309 cm³/mol. The minimum absolute atomic E-state index is 0.550. The van der Waals surface area contributed by atoms with Crippen LogP contribution >= 0.6 is 0 Å². The second-order valence-electron chi connectivity index (χ2n) is 18.8. The molecule has 0 aliphatic heterocycles. The van der Waals surface area contributed by atoms with Crippen molar-refractivity contribution in [2.75, 3.05) is 4.90 Å². The van der Waals surface area contributed by atoms with Crippen molar-refractivity contribution in [3.63, 3.8) is 0 Å². The number of hydrogen-bond donors (Lipinski definition) is 0. The van der Waals surface area contributed by atoms with Crippen molar-refractivity contribution in [2.45, 2.75) is 0 Å². The molecule has 11 aromatic carbocycles. The van der Waals surface area contributed by atoms with Crippen molar-refractivity contribution in [1.82, 2.24) is 19.5 Å². The summed E-state index contributed by atoms with van der Waals surface area (Å²) in [5, 5.41) is 4.33. The molecule has 352 valence electrons. The van der Waals surface area contributed by atoms with E-state index in [1.807, 2.05) is 66.7 Å². The van der Waals surface area contributed by atoms with E-state index in [4.69, 9.17) is 19.4 Å². The summed E-state index contributed by atoms with van der Waals surface area (Å²) in [6.07, 6.45) is 0. The third kappa shape index (κ3) is 7.89. The van der Waals surface area contributed by atoms with Crippen LogP contribution in [-0.4, -0.2) is 19.5 Å². The Morgan fingerprint density at radius 2 is 0.720 bits per heavy atom. The predicted octanol–water partition coefficient (Wildman–Crippen LogP) is 18.3. The average molecular weight is 960 g/mol. The third-order valence-electron chi connectivity index (χ3n) is 14.3. The Morgan fingerprint density at radius 1 is 0.280 bits per heavy atom. The molecule has 0 saturated heterocycles. The molecular formula is C69H45N5O. The van der Waals surface area contributed by atoms with Gasteiger partial charge in [-0.1, -0.05) is 206 Å². The van der Waals surface area contributed by atoms with Gasteiger partial charge in [0.05, 0.1) is 22.3 Å². The van der Waals surface area contributed by atoms with Crippen molar-refractivity contribution >= 4 is 60.8 Å². The quantitative estimate of drug-likeness (QED) is 0.137. The number of benzene rings is 11. The van der Waals surface area contributed by atoms with Gasteiger partial charge < -0.3 is 13.9 Å². The van der Waals surface area contributed by atoms with Gasteiger partial charge in [0.2, 0.25) is 0 Å². The molecule has 14 rings (SSSR count). The minimum atomic E-state index is 0.550. The highest BCUT2D eigenvalue weighted by Gasteiger charge is 2.22. The third-order valence-corrected chi connectivity index (χ3v) is 14.3. The van der Waals surface area contributed by atoms with E-state index in [1.165, 1.54) is 22.3 Å². The molecule has 6 nitrogen and oxygen atoms in total. The standard InChI is InChI=1S/C69H45N5O/c1-5-18-46(19-6-1)48-34-39-54(40-35-48)73(56-27-15-26-52(44-56)47-20-7-2-8-21-47)55-41-36-49(37-42-55)53-38-43-63-61(45-53)57-28-13-14-32-62(57)74(63)64-33-17-30-59-58-29-16-31-60(65(58)75-66(59)64)69-71-67(50-22-9-3-10-23-50)70-68(72-69)51-24-11-4-12-25-51/h1-45H. The van der Waals surface area contributed by atoms with E-state index in [0.29, 0.717) is 17.5 Å². The molecule has 0 bridgehead atoms. The maximum Gasteiger partial charge on any atom is 0.167 e. The van der Waals surface area contributed by atoms with E-state index in [9.17, 15) is 0 Å². The zero-order valence-electron chi connectivity index (χ0n) is 40.6. The lowest BCUT2D eigenvalue weighted by Gasteiger charge is -2.26. The second-order valence-corrected chi connectivity index (χ2v) is 18.8. The number of rotatable bonds is 10. The Bertz CT molecular complexity index is 4320. The smallest absolute Gasteiger partial charge is 0.167 e. The summed E-state index contributed by atoms with van der Waals surface area (Å²) >= 11 is 0. The summed E-state index contributed by atoms with van der Waals surface area (Å²) in [5.74, 6) is 1.75. The van der Waals surface area contributed by atoms with Crippen LogP contribution in [0.15, 0.2) is 277 Å². The SMILES string of the molecule is c1ccc(-c2ccc(N(c3ccc(-c4ccc5c(c4)c4ccccc4n5-c4cccc5c4oc4c(-c6nc(-c7ccccc7)nc(-c7ccccc7)n6)cccc45)cc3)c3cccc(-c4ccccc4)c3)cc2)cc1. The van der Waals surface area contributed by atoms with Gasteiger partial charge in [-0.05, 0) is 100 Å². The molecular weight excluding hydrogens is 915 g/mol. The van der Waals surface area contributed by atoms with Gasteiger partial charge in [-0.25, -0.2) is 15.0 Å². The molecule has 0 N–H and O–H groups in total. The van der Waals surface area contributed by atoms with E-state index in [2.05, 4.69) is 216 Å². The van der Waals surface area contributed by atoms with Crippen LogP contribution in [0.25, 0.3) is 117 Å².